The number of aliphatic hydroxyl groups is 1. The normalized spacial score (nSPS) is 15.7. The Hall–Kier alpha value is -0.240. The van der Waals surface area contributed by atoms with Gasteiger partial charge in [0, 0.05) is 15.6 Å². The molecule has 0 radical (unpaired) electrons. The topological polar surface area (TPSA) is 20.2 Å². The van der Waals surface area contributed by atoms with Crippen LogP contribution in [0.1, 0.15) is 45.8 Å². The lowest BCUT2D eigenvalue weighted by atomic mass is 9.78. The highest BCUT2D eigenvalue weighted by atomic mass is 35.5. The van der Waals surface area contributed by atoms with E-state index in [2.05, 4.69) is 27.7 Å². The Labute approximate surface area is 114 Å². The SMILES string of the molecule is CC(CC(O)c1cc(Cl)ccc1Cl)C(C)(C)C. The van der Waals surface area contributed by atoms with Crippen LogP contribution in [0.4, 0.5) is 0 Å². The molecule has 0 heterocycles. The highest BCUT2D eigenvalue weighted by molar-refractivity contribution is 6.33. The van der Waals surface area contributed by atoms with Gasteiger partial charge in [-0.1, -0.05) is 50.9 Å². The maximum atomic E-state index is 10.2. The molecule has 3 heteroatoms. The van der Waals surface area contributed by atoms with Gasteiger partial charge in [-0.2, -0.15) is 0 Å². The molecule has 1 aromatic rings. The fourth-order valence-electron chi connectivity index (χ4n) is 1.59. The Morgan fingerprint density at radius 3 is 2.35 bits per heavy atom. The van der Waals surface area contributed by atoms with Crippen molar-refractivity contribution in [3.05, 3.63) is 33.8 Å². The van der Waals surface area contributed by atoms with Gasteiger partial charge in [-0.05, 0) is 36.0 Å². The molecule has 1 N–H and O–H groups in total. The van der Waals surface area contributed by atoms with E-state index in [0.717, 1.165) is 5.56 Å². The summed E-state index contributed by atoms with van der Waals surface area (Å²) in [5, 5.41) is 11.4. The zero-order chi connectivity index (χ0) is 13.2. The first-order chi connectivity index (χ1) is 7.71. The summed E-state index contributed by atoms with van der Waals surface area (Å²) in [6.45, 7) is 8.65. The van der Waals surface area contributed by atoms with Gasteiger partial charge in [-0.15, -0.1) is 0 Å². The minimum Gasteiger partial charge on any atom is -0.388 e. The molecule has 0 aliphatic rings. The molecule has 96 valence electrons. The molecule has 1 aromatic carbocycles. The fraction of sp³-hybridized carbons (Fsp3) is 0.571. The molecule has 0 saturated carbocycles. The van der Waals surface area contributed by atoms with Crippen molar-refractivity contribution in [1.29, 1.82) is 0 Å². The van der Waals surface area contributed by atoms with E-state index >= 15 is 0 Å². The van der Waals surface area contributed by atoms with E-state index in [1.54, 1.807) is 18.2 Å². The van der Waals surface area contributed by atoms with Gasteiger partial charge in [0.25, 0.3) is 0 Å². The lowest BCUT2D eigenvalue weighted by molar-refractivity contribution is 0.111. The fourth-order valence-corrected chi connectivity index (χ4v) is 2.01. The summed E-state index contributed by atoms with van der Waals surface area (Å²) >= 11 is 12.0. The lowest BCUT2D eigenvalue weighted by Crippen LogP contribution is -2.19. The average molecular weight is 275 g/mol. The van der Waals surface area contributed by atoms with Crippen molar-refractivity contribution in [3.63, 3.8) is 0 Å². The summed E-state index contributed by atoms with van der Waals surface area (Å²) in [6.07, 6.45) is 0.124. The van der Waals surface area contributed by atoms with Crippen molar-refractivity contribution >= 4 is 23.2 Å². The maximum absolute atomic E-state index is 10.2. The van der Waals surface area contributed by atoms with Gasteiger partial charge in [-0.25, -0.2) is 0 Å². The van der Waals surface area contributed by atoms with E-state index in [1.807, 2.05) is 0 Å². The van der Waals surface area contributed by atoms with Crippen LogP contribution in [-0.2, 0) is 0 Å². The Kier molecular flexibility index (Phi) is 4.88. The molecule has 17 heavy (non-hydrogen) atoms. The number of hydrogen-bond acceptors (Lipinski definition) is 1. The lowest BCUT2D eigenvalue weighted by Gasteiger charge is -2.29. The van der Waals surface area contributed by atoms with E-state index in [-0.39, 0.29) is 5.41 Å². The largest absolute Gasteiger partial charge is 0.388 e. The quantitative estimate of drug-likeness (QED) is 0.813. The van der Waals surface area contributed by atoms with Crippen LogP contribution in [0.5, 0.6) is 0 Å². The average Bonchev–Trinajstić information content (AvgIpc) is 2.20. The molecule has 1 rings (SSSR count). The molecule has 0 amide bonds. The second-order valence-electron chi connectivity index (χ2n) is 5.68. The van der Waals surface area contributed by atoms with Crippen molar-refractivity contribution < 1.29 is 5.11 Å². The van der Waals surface area contributed by atoms with Crippen LogP contribution in [0, 0.1) is 11.3 Å². The summed E-state index contributed by atoms with van der Waals surface area (Å²) in [4.78, 5) is 0. The van der Waals surface area contributed by atoms with Crippen molar-refractivity contribution in [3.8, 4) is 0 Å². The molecule has 2 atom stereocenters. The van der Waals surface area contributed by atoms with Crippen LogP contribution in [-0.4, -0.2) is 5.11 Å². The van der Waals surface area contributed by atoms with Crippen LogP contribution >= 0.6 is 23.2 Å². The number of aliphatic hydroxyl groups excluding tert-OH is 1. The minimum absolute atomic E-state index is 0.173. The van der Waals surface area contributed by atoms with E-state index in [9.17, 15) is 5.11 Å². The maximum Gasteiger partial charge on any atom is 0.0807 e. The first-order valence-corrected chi connectivity index (χ1v) is 6.60. The van der Waals surface area contributed by atoms with Crippen LogP contribution in [0.15, 0.2) is 18.2 Å². The molecular weight excluding hydrogens is 255 g/mol. The van der Waals surface area contributed by atoms with Gasteiger partial charge >= 0.3 is 0 Å². The summed E-state index contributed by atoms with van der Waals surface area (Å²) < 4.78 is 0. The van der Waals surface area contributed by atoms with Crippen LogP contribution in [0.25, 0.3) is 0 Å². The third-order valence-corrected chi connectivity index (χ3v) is 3.95. The summed E-state index contributed by atoms with van der Waals surface area (Å²) in [7, 11) is 0. The second kappa shape index (κ2) is 5.60. The molecule has 1 nitrogen and oxygen atoms in total. The molecular formula is C14H20Cl2O. The van der Waals surface area contributed by atoms with Gasteiger partial charge in [0.05, 0.1) is 6.10 Å². The Morgan fingerprint density at radius 2 is 1.82 bits per heavy atom. The predicted octanol–water partition coefficient (Wildman–Crippen LogP) is 5.10. The summed E-state index contributed by atoms with van der Waals surface area (Å²) in [6, 6.07) is 5.20. The van der Waals surface area contributed by atoms with Crippen molar-refractivity contribution in [2.45, 2.75) is 40.2 Å². The molecule has 2 unspecified atom stereocenters. The highest BCUT2D eigenvalue weighted by Crippen LogP contribution is 2.35. The number of benzene rings is 1. The zero-order valence-corrected chi connectivity index (χ0v) is 12.3. The van der Waals surface area contributed by atoms with Gasteiger partial charge in [0.2, 0.25) is 0 Å². The van der Waals surface area contributed by atoms with Crippen molar-refractivity contribution in [2.24, 2.45) is 11.3 Å². The standard InChI is InChI=1S/C14H20Cl2O/c1-9(14(2,3)4)7-13(17)11-8-10(15)5-6-12(11)16/h5-6,8-9,13,17H,7H2,1-4H3. The monoisotopic (exact) mass is 274 g/mol. The van der Waals surface area contributed by atoms with Gasteiger partial charge < -0.3 is 5.11 Å². The third-order valence-electron chi connectivity index (χ3n) is 3.37. The Bertz CT molecular complexity index is 382. The zero-order valence-electron chi connectivity index (χ0n) is 10.8. The molecule has 0 spiro atoms. The second-order valence-corrected chi connectivity index (χ2v) is 6.53. The number of halogens is 2. The number of rotatable bonds is 3. The number of hydrogen-bond donors (Lipinski definition) is 1. The Balaban J connectivity index is 2.83. The molecule has 0 bridgehead atoms. The molecule has 0 aromatic heterocycles. The summed E-state index contributed by atoms with van der Waals surface area (Å²) in [5.74, 6) is 0.396. The molecule has 0 fully saturated rings. The van der Waals surface area contributed by atoms with E-state index < -0.39 is 6.10 Å². The first-order valence-electron chi connectivity index (χ1n) is 5.85. The minimum atomic E-state index is -0.560. The van der Waals surface area contributed by atoms with Crippen LogP contribution in [0.3, 0.4) is 0 Å². The van der Waals surface area contributed by atoms with E-state index in [0.29, 0.717) is 22.4 Å². The van der Waals surface area contributed by atoms with E-state index in [4.69, 9.17) is 23.2 Å². The van der Waals surface area contributed by atoms with Crippen LogP contribution in [0.2, 0.25) is 10.0 Å². The van der Waals surface area contributed by atoms with E-state index in [1.165, 1.54) is 0 Å². The van der Waals surface area contributed by atoms with Crippen molar-refractivity contribution in [1.82, 2.24) is 0 Å². The summed E-state index contributed by atoms with van der Waals surface area (Å²) in [5.41, 5.74) is 0.890. The molecule has 0 saturated heterocycles. The van der Waals surface area contributed by atoms with Gasteiger partial charge in [0.15, 0.2) is 0 Å². The predicted molar refractivity (Wildman–Crippen MR) is 74.7 cm³/mol. The van der Waals surface area contributed by atoms with Crippen LogP contribution < -0.4 is 0 Å². The first kappa shape index (κ1) is 14.8. The highest BCUT2D eigenvalue weighted by Gasteiger charge is 2.24. The van der Waals surface area contributed by atoms with Gasteiger partial charge in [-0.3, -0.25) is 0 Å². The molecule has 0 aliphatic heterocycles. The Morgan fingerprint density at radius 1 is 1.24 bits per heavy atom. The van der Waals surface area contributed by atoms with Crippen molar-refractivity contribution in [2.75, 3.05) is 0 Å². The third kappa shape index (κ3) is 4.17. The molecule has 0 aliphatic carbocycles. The smallest absolute Gasteiger partial charge is 0.0807 e. The van der Waals surface area contributed by atoms with Gasteiger partial charge in [0.1, 0.15) is 0 Å².